The Bertz CT molecular complexity index is 213. The molecule has 2 nitrogen and oxygen atoms in total. The normalized spacial score (nSPS) is 39.0. The molecule has 3 N–H and O–H groups in total. The molecule has 0 bridgehead atoms. The van der Waals surface area contributed by atoms with E-state index in [1.165, 1.54) is 38.6 Å². The minimum atomic E-state index is 0.457. The fourth-order valence-electron chi connectivity index (χ4n) is 2.86. The first-order valence-corrected chi connectivity index (χ1v) is 6.56. The summed E-state index contributed by atoms with van der Waals surface area (Å²) < 4.78 is 0. The van der Waals surface area contributed by atoms with Gasteiger partial charge in [0.1, 0.15) is 0 Å². The summed E-state index contributed by atoms with van der Waals surface area (Å²) in [6, 6.07) is 0.457. The van der Waals surface area contributed by atoms with Crippen LogP contribution in [0.2, 0.25) is 0 Å². The van der Waals surface area contributed by atoms with Gasteiger partial charge in [0.2, 0.25) is 0 Å². The van der Waals surface area contributed by atoms with Crippen molar-refractivity contribution in [2.75, 3.05) is 13.1 Å². The third kappa shape index (κ3) is 2.94. The van der Waals surface area contributed by atoms with Gasteiger partial charge in [-0.3, -0.25) is 0 Å². The Hall–Kier alpha value is -0.0800. The van der Waals surface area contributed by atoms with Gasteiger partial charge >= 0.3 is 0 Å². The van der Waals surface area contributed by atoms with Crippen LogP contribution in [-0.2, 0) is 0 Å². The molecular weight excluding hydrogens is 184 g/mol. The van der Waals surface area contributed by atoms with E-state index in [0.29, 0.717) is 11.5 Å². The SMILES string of the molecule is CC1(C)CC1CNCC1CCCCC1N. The minimum Gasteiger partial charge on any atom is -0.327 e. The zero-order valence-corrected chi connectivity index (χ0v) is 10.3. The molecule has 0 aromatic heterocycles. The molecule has 0 saturated heterocycles. The lowest BCUT2D eigenvalue weighted by atomic mass is 9.85. The Kier molecular flexibility index (Phi) is 3.36. The average Bonchev–Trinajstić information content (AvgIpc) is 2.78. The van der Waals surface area contributed by atoms with E-state index in [0.717, 1.165) is 18.4 Å². The molecule has 3 atom stereocenters. The molecule has 2 heteroatoms. The smallest absolute Gasteiger partial charge is 0.00792 e. The van der Waals surface area contributed by atoms with Gasteiger partial charge in [-0.15, -0.1) is 0 Å². The molecule has 0 aliphatic heterocycles. The maximum Gasteiger partial charge on any atom is 0.00792 e. The molecule has 88 valence electrons. The third-order valence-electron chi connectivity index (χ3n) is 4.48. The van der Waals surface area contributed by atoms with E-state index >= 15 is 0 Å². The molecule has 2 saturated carbocycles. The van der Waals surface area contributed by atoms with Gasteiger partial charge in [-0.25, -0.2) is 0 Å². The monoisotopic (exact) mass is 210 g/mol. The maximum atomic E-state index is 6.12. The van der Waals surface area contributed by atoms with Crippen LogP contribution in [-0.4, -0.2) is 19.1 Å². The molecule has 0 aromatic carbocycles. The van der Waals surface area contributed by atoms with E-state index < -0.39 is 0 Å². The Labute approximate surface area is 94.0 Å². The van der Waals surface area contributed by atoms with Crippen LogP contribution in [0.1, 0.15) is 46.0 Å². The maximum absolute atomic E-state index is 6.12. The highest BCUT2D eigenvalue weighted by Crippen LogP contribution is 2.50. The van der Waals surface area contributed by atoms with Crippen LogP contribution in [0.3, 0.4) is 0 Å². The summed E-state index contributed by atoms with van der Waals surface area (Å²) in [5.74, 6) is 1.65. The molecule has 3 unspecified atom stereocenters. The topological polar surface area (TPSA) is 38.0 Å². The van der Waals surface area contributed by atoms with Crippen molar-refractivity contribution in [2.45, 2.75) is 52.0 Å². The van der Waals surface area contributed by atoms with Gasteiger partial charge in [-0.2, -0.15) is 0 Å². The fraction of sp³-hybridized carbons (Fsp3) is 1.00. The van der Waals surface area contributed by atoms with E-state index in [1.54, 1.807) is 0 Å². The Balaban J connectivity index is 1.61. The van der Waals surface area contributed by atoms with Gasteiger partial charge in [-0.05, 0) is 49.6 Å². The molecular formula is C13H26N2. The van der Waals surface area contributed by atoms with Crippen molar-refractivity contribution in [1.29, 1.82) is 0 Å². The zero-order valence-electron chi connectivity index (χ0n) is 10.3. The molecule has 0 aromatic rings. The molecule has 0 radical (unpaired) electrons. The summed E-state index contributed by atoms with van der Waals surface area (Å²) in [5.41, 5.74) is 6.74. The summed E-state index contributed by atoms with van der Waals surface area (Å²) in [7, 11) is 0. The second kappa shape index (κ2) is 4.42. The van der Waals surface area contributed by atoms with Gasteiger partial charge in [0.05, 0.1) is 0 Å². The highest BCUT2D eigenvalue weighted by atomic mass is 14.9. The lowest BCUT2D eigenvalue weighted by molar-refractivity contribution is 0.294. The Morgan fingerprint density at radius 2 is 1.87 bits per heavy atom. The molecule has 0 spiro atoms. The highest BCUT2D eigenvalue weighted by Gasteiger charge is 2.44. The summed E-state index contributed by atoms with van der Waals surface area (Å²) in [4.78, 5) is 0. The molecule has 2 aliphatic rings. The van der Waals surface area contributed by atoms with Crippen LogP contribution in [0.5, 0.6) is 0 Å². The Morgan fingerprint density at radius 3 is 2.47 bits per heavy atom. The van der Waals surface area contributed by atoms with E-state index in [2.05, 4.69) is 19.2 Å². The Morgan fingerprint density at radius 1 is 1.20 bits per heavy atom. The number of hydrogen-bond acceptors (Lipinski definition) is 2. The van der Waals surface area contributed by atoms with Gasteiger partial charge in [0, 0.05) is 6.04 Å². The quantitative estimate of drug-likeness (QED) is 0.746. The molecule has 2 rings (SSSR count). The first kappa shape index (κ1) is 11.4. The van der Waals surface area contributed by atoms with Crippen LogP contribution >= 0.6 is 0 Å². The van der Waals surface area contributed by atoms with Crippen molar-refractivity contribution in [3.63, 3.8) is 0 Å². The molecule has 0 heterocycles. The van der Waals surface area contributed by atoms with Gasteiger partial charge in [0.15, 0.2) is 0 Å². The third-order valence-corrected chi connectivity index (χ3v) is 4.48. The second-order valence-electron chi connectivity index (χ2n) is 6.26. The molecule has 2 aliphatic carbocycles. The minimum absolute atomic E-state index is 0.457. The van der Waals surface area contributed by atoms with Crippen LogP contribution in [0, 0.1) is 17.3 Å². The predicted octanol–water partition coefficient (Wildman–Crippen LogP) is 2.14. The zero-order chi connectivity index (χ0) is 10.9. The van der Waals surface area contributed by atoms with Gasteiger partial charge in [-0.1, -0.05) is 26.7 Å². The van der Waals surface area contributed by atoms with E-state index in [4.69, 9.17) is 5.73 Å². The van der Waals surface area contributed by atoms with E-state index in [1.807, 2.05) is 0 Å². The summed E-state index contributed by atoms with van der Waals surface area (Å²) in [6.45, 7) is 7.08. The summed E-state index contributed by atoms with van der Waals surface area (Å²) in [6.07, 6.45) is 6.70. The number of rotatable bonds is 4. The van der Waals surface area contributed by atoms with Crippen molar-refractivity contribution in [2.24, 2.45) is 23.0 Å². The lowest BCUT2D eigenvalue weighted by Crippen LogP contribution is -2.39. The van der Waals surface area contributed by atoms with Crippen LogP contribution in [0.4, 0.5) is 0 Å². The van der Waals surface area contributed by atoms with Crippen molar-refractivity contribution < 1.29 is 0 Å². The number of nitrogens with two attached hydrogens (primary N) is 1. The van der Waals surface area contributed by atoms with Crippen LogP contribution in [0.15, 0.2) is 0 Å². The summed E-state index contributed by atoms with van der Waals surface area (Å²) >= 11 is 0. The molecule has 0 amide bonds. The van der Waals surface area contributed by atoms with Crippen LogP contribution in [0.25, 0.3) is 0 Å². The highest BCUT2D eigenvalue weighted by molar-refractivity contribution is 4.96. The predicted molar refractivity (Wildman–Crippen MR) is 64.7 cm³/mol. The molecule has 2 fully saturated rings. The molecule has 15 heavy (non-hydrogen) atoms. The van der Waals surface area contributed by atoms with Crippen LogP contribution < -0.4 is 11.1 Å². The van der Waals surface area contributed by atoms with Crippen molar-refractivity contribution in [1.82, 2.24) is 5.32 Å². The first-order chi connectivity index (χ1) is 7.09. The average molecular weight is 210 g/mol. The van der Waals surface area contributed by atoms with Gasteiger partial charge < -0.3 is 11.1 Å². The summed E-state index contributed by atoms with van der Waals surface area (Å²) in [5, 5.41) is 3.62. The van der Waals surface area contributed by atoms with Crippen molar-refractivity contribution >= 4 is 0 Å². The fourth-order valence-corrected chi connectivity index (χ4v) is 2.86. The largest absolute Gasteiger partial charge is 0.327 e. The van der Waals surface area contributed by atoms with E-state index in [-0.39, 0.29) is 0 Å². The standard InChI is InChI=1S/C13H26N2/c1-13(2)7-11(13)9-15-8-10-5-3-4-6-12(10)14/h10-12,15H,3-9,14H2,1-2H3. The van der Waals surface area contributed by atoms with Gasteiger partial charge in [0.25, 0.3) is 0 Å². The second-order valence-corrected chi connectivity index (χ2v) is 6.26. The number of nitrogens with one attached hydrogen (secondary N) is 1. The van der Waals surface area contributed by atoms with Crippen molar-refractivity contribution in [3.8, 4) is 0 Å². The number of hydrogen-bond donors (Lipinski definition) is 2. The van der Waals surface area contributed by atoms with E-state index in [9.17, 15) is 0 Å². The van der Waals surface area contributed by atoms with Crippen molar-refractivity contribution in [3.05, 3.63) is 0 Å². The first-order valence-electron chi connectivity index (χ1n) is 6.56. The lowest BCUT2D eigenvalue weighted by Gasteiger charge is -2.28.